The summed E-state index contributed by atoms with van der Waals surface area (Å²) in [6.45, 7) is 5.45. The lowest BCUT2D eigenvalue weighted by Crippen LogP contribution is -2.43. The predicted molar refractivity (Wildman–Crippen MR) is 64.9 cm³/mol. The first-order chi connectivity index (χ1) is 7.58. The van der Waals surface area contributed by atoms with Crippen molar-refractivity contribution in [3.63, 3.8) is 0 Å². The van der Waals surface area contributed by atoms with Crippen LogP contribution in [0.1, 0.15) is 19.8 Å². The highest BCUT2D eigenvalue weighted by atomic mass is 79.9. The minimum Gasteiger partial charge on any atom is -0.348 e. The second-order valence-corrected chi connectivity index (χ2v) is 5.06. The zero-order chi connectivity index (χ0) is 11.8. The molecule has 1 unspecified atom stereocenters. The summed E-state index contributed by atoms with van der Waals surface area (Å²) >= 11 is 3.38. The van der Waals surface area contributed by atoms with Crippen molar-refractivity contribution in [3.05, 3.63) is 29.5 Å². The van der Waals surface area contributed by atoms with Crippen LogP contribution >= 0.6 is 15.9 Å². The highest BCUT2D eigenvalue weighted by Gasteiger charge is 2.50. The number of hydrogen-bond donors (Lipinski definition) is 1. The third-order valence-electron chi connectivity index (χ3n) is 3.12. The summed E-state index contributed by atoms with van der Waals surface area (Å²) in [5, 5.41) is 7.20. The topological polar surface area (TPSA) is 46.9 Å². The average Bonchev–Trinajstić information content (AvgIpc) is 2.96. The molecule has 0 radical (unpaired) electrons. The Kier molecular flexibility index (Phi) is 2.88. The highest BCUT2D eigenvalue weighted by Crippen LogP contribution is 2.46. The van der Waals surface area contributed by atoms with E-state index in [9.17, 15) is 4.79 Å². The number of amides is 1. The Morgan fingerprint density at radius 1 is 1.81 bits per heavy atom. The second-order valence-electron chi connectivity index (χ2n) is 4.14. The molecule has 0 spiro atoms. The van der Waals surface area contributed by atoms with Crippen LogP contribution in [0.5, 0.6) is 0 Å². The lowest BCUT2D eigenvalue weighted by Gasteiger charge is -2.24. The van der Waals surface area contributed by atoms with E-state index in [4.69, 9.17) is 0 Å². The largest absolute Gasteiger partial charge is 0.348 e. The summed E-state index contributed by atoms with van der Waals surface area (Å²) in [5.41, 5.74) is -0.0509. The van der Waals surface area contributed by atoms with Crippen LogP contribution in [0.3, 0.4) is 0 Å². The van der Waals surface area contributed by atoms with Crippen molar-refractivity contribution in [2.45, 2.75) is 31.3 Å². The molecule has 1 aromatic rings. The number of nitrogens with zero attached hydrogens (tertiary/aromatic N) is 2. The summed E-state index contributed by atoms with van der Waals surface area (Å²) in [5.74, 6) is -0.134. The molecular formula is C11H14BrN3O. The predicted octanol–water partition coefficient (Wildman–Crippen LogP) is 1.83. The van der Waals surface area contributed by atoms with E-state index < -0.39 is 0 Å². The van der Waals surface area contributed by atoms with Gasteiger partial charge in [0, 0.05) is 6.20 Å². The number of rotatable bonds is 4. The van der Waals surface area contributed by atoms with Crippen molar-refractivity contribution in [2.24, 2.45) is 0 Å². The molecule has 0 saturated heterocycles. The van der Waals surface area contributed by atoms with Crippen molar-refractivity contribution >= 4 is 21.8 Å². The van der Waals surface area contributed by atoms with Gasteiger partial charge in [-0.3, -0.25) is 9.48 Å². The maximum atomic E-state index is 11.3. The Balaban J connectivity index is 2.13. The number of aromatic nitrogens is 2. The number of carbonyl (C=O) groups excluding carboxylic acids is 1. The molecule has 86 valence electrons. The number of halogens is 1. The first kappa shape index (κ1) is 11.4. The summed E-state index contributed by atoms with van der Waals surface area (Å²) < 4.78 is 2.89. The van der Waals surface area contributed by atoms with Gasteiger partial charge in [0.1, 0.15) is 0 Å². The molecule has 1 aromatic heterocycles. The van der Waals surface area contributed by atoms with Gasteiger partial charge in [0.2, 0.25) is 5.91 Å². The smallest absolute Gasteiger partial charge is 0.243 e. The molecule has 1 aliphatic carbocycles. The lowest BCUT2D eigenvalue weighted by atomic mass is 10.1. The third kappa shape index (κ3) is 1.91. The lowest BCUT2D eigenvalue weighted by molar-refractivity contribution is -0.117. The van der Waals surface area contributed by atoms with Gasteiger partial charge in [-0.15, -0.1) is 0 Å². The van der Waals surface area contributed by atoms with Crippen LogP contribution in [0.4, 0.5) is 0 Å². The van der Waals surface area contributed by atoms with Crippen molar-refractivity contribution in [2.75, 3.05) is 0 Å². The first-order valence-corrected chi connectivity index (χ1v) is 6.01. The normalized spacial score (nSPS) is 18.9. The Morgan fingerprint density at radius 2 is 2.50 bits per heavy atom. The van der Waals surface area contributed by atoms with E-state index in [0.29, 0.717) is 0 Å². The van der Waals surface area contributed by atoms with E-state index in [-0.39, 0.29) is 17.5 Å². The molecule has 1 fully saturated rings. The monoisotopic (exact) mass is 283 g/mol. The van der Waals surface area contributed by atoms with Crippen LogP contribution in [0.15, 0.2) is 29.5 Å². The Hall–Kier alpha value is -1.10. The molecule has 1 saturated carbocycles. The Morgan fingerprint density at radius 3 is 2.94 bits per heavy atom. The third-order valence-corrected chi connectivity index (χ3v) is 3.53. The van der Waals surface area contributed by atoms with Gasteiger partial charge in [0.05, 0.1) is 22.3 Å². The molecule has 1 N–H and O–H groups in total. The van der Waals surface area contributed by atoms with Gasteiger partial charge in [-0.25, -0.2) is 0 Å². The standard InChI is InChI=1S/C11H14BrN3O/c1-3-10(16)14-8(2)11(4-5-11)15-7-9(12)6-13-15/h3,6-8H,1,4-5H2,2H3,(H,14,16). The molecule has 0 aromatic carbocycles. The maximum Gasteiger partial charge on any atom is 0.243 e. The molecule has 0 bridgehead atoms. The Labute approximate surface area is 103 Å². The van der Waals surface area contributed by atoms with Gasteiger partial charge >= 0.3 is 0 Å². The molecule has 2 rings (SSSR count). The van der Waals surface area contributed by atoms with Crippen LogP contribution in [-0.2, 0) is 10.3 Å². The van der Waals surface area contributed by atoms with Gasteiger partial charge < -0.3 is 5.32 Å². The maximum absolute atomic E-state index is 11.3. The van der Waals surface area contributed by atoms with Crippen molar-refractivity contribution in [1.82, 2.24) is 15.1 Å². The molecule has 0 aliphatic heterocycles. The van der Waals surface area contributed by atoms with E-state index >= 15 is 0 Å². The van der Waals surface area contributed by atoms with Gasteiger partial charge in [-0.2, -0.15) is 5.10 Å². The Bertz CT molecular complexity index is 423. The number of nitrogens with one attached hydrogen (secondary N) is 1. The van der Waals surface area contributed by atoms with E-state index in [1.54, 1.807) is 6.20 Å². The van der Waals surface area contributed by atoms with Gasteiger partial charge in [-0.1, -0.05) is 6.58 Å². The van der Waals surface area contributed by atoms with E-state index in [1.165, 1.54) is 6.08 Å². The minimum atomic E-state index is -0.134. The first-order valence-electron chi connectivity index (χ1n) is 5.22. The minimum absolute atomic E-state index is 0.0509. The van der Waals surface area contributed by atoms with Crippen LogP contribution in [0, 0.1) is 0 Å². The van der Waals surface area contributed by atoms with Crippen molar-refractivity contribution in [1.29, 1.82) is 0 Å². The van der Waals surface area contributed by atoms with Crippen molar-refractivity contribution < 1.29 is 4.79 Å². The van der Waals surface area contributed by atoms with Crippen LogP contribution in [0.2, 0.25) is 0 Å². The van der Waals surface area contributed by atoms with Crippen LogP contribution in [-0.4, -0.2) is 21.7 Å². The van der Waals surface area contributed by atoms with Crippen molar-refractivity contribution in [3.8, 4) is 0 Å². The fourth-order valence-electron chi connectivity index (χ4n) is 1.94. The summed E-state index contributed by atoms with van der Waals surface area (Å²) in [7, 11) is 0. The van der Waals surface area contributed by atoms with Gasteiger partial charge in [-0.05, 0) is 41.8 Å². The van der Waals surface area contributed by atoms with Gasteiger partial charge in [0.25, 0.3) is 0 Å². The molecule has 16 heavy (non-hydrogen) atoms. The average molecular weight is 284 g/mol. The van der Waals surface area contributed by atoms with E-state index in [1.807, 2.05) is 17.8 Å². The molecule has 1 aliphatic rings. The molecule has 1 heterocycles. The zero-order valence-electron chi connectivity index (χ0n) is 9.11. The molecule has 1 atom stereocenters. The SMILES string of the molecule is C=CC(=O)NC(C)C1(n2cc(Br)cn2)CC1. The van der Waals surface area contributed by atoms with Crippen LogP contribution < -0.4 is 5.32 Å². The highest BCUT2D eigenvalue weighted by molar-refractivity contribution is 9.10. The summed E-state index contributed by atoms with van der Waals surface area (Å²) in [4.78, 5) is 11.3. The fraction of sp³-hybridized carbons (Fsp3) is 0.455. The zero-order valence-corrected chi connectivity index (χ0v) is 10.7. The molecule has 5 heteroatoms. The summed E-state index contributed by atoms with van der Waals surface area (Å²) in [6.07, 6.45) is 7.09. The quantitative estimate of drug-likeness (QED) is 0.857. The fourth-order valence-corrected chi connectivity index (χ4v) is 2.23. The number of hydrogen-bond acceptors (Lipinski definition) is 2. The molecule has 4 nitrogen and oxygen atoms in total. The summed E-state index contributed by atoms with van der Waals surface area (Å²) in [6, 6.07) is 0.0600. The van der Waals surface area contributed by atoms with Crippen LogP contribution in [0.25, 0.3) is 0 Å². The number of carbonyl (C=O) groups is 1. The second kappa shape index (κ2) is 4.05. The van der Waals surface area contributed by atoms with E-state index in [2.05, 4.69) is 32.9 Å². The molecule has 1 amide bonds. The molecular weight excluding hydrogens is 270 g/mol. The van der Waals surface area contributed by atoms with E-state index in [0.717, 1.165) is 17.3 Å². The van der Waals surface area contributed by atoms with Gasteiger partial charge in [0.15, 0.2) is 0 Å².